The lowest BCUT2D eigenvalue weighted by molar-refractivity contribution is 0.301. The van der Waals surface area contributed by atoms with E-state index in [1.54, 1.807) is 6.20 Å². The molecule has 4 aromatic rings. The van der Waals surface area contributed by atoms with Gasteiger partial charge in [0.05, 0.1) is 23.4 Å². The molecule has 0 saturated carbocycles. The van der Waals surface area contributed by atoms with Gasteiger partial charge in [-0.1, -0.05) is 36.4 Å². The highest BCUT2D eigenvalue weighted by Crippen LogP contribution is 2.35. The van der Waals surface area contributed by atoms with Crippen molar-refractivity contribution >= 4 is 24.8 Å². The van der Waals surface area contributed by atoms with Gasteiger partial charge in [0.1, 0.15) is 12.4 Å². The SMILES string of the molecule is Cl.Cl.c1ccc(-c2ncn(C3CCNC3)c2-c2ccc(OCc3ccccn3)cc2)cc1. The predicted octanol–water partition coefficient (Wildman–Crippen LogP) is 5.57. The predicted molar refractivity (Wildman–Crippen MR) is 133 cm³/mol. The first kappa shape index (κ1) is 23.8. The molecule has 0 amide bonds. The number of nitrogens with one attached hydrogen (secondary N) is 1. The van der Waals surface area contributed by atoms with Gasteiger partial charge in [0.25, 0.3) is 0 Å². The minimum Gasteiger partial charge on any atom is -0.487 e. The van der Waals surface area contributed by atoms with Crippen LogP contribution in [0.1, 0.15) is 18.2 Å². The highest BCUT2D eigenvalue weighted by atomic mass is 35.5. The fraction of sp³-hybridized carbons (Fsp3) is 0.200. The highest BCUT2D eigenvalue weighted by Gasteiger charge is 2.23. The first-order valence-corrected chi connectivity index (χ1v) is 10.3. The summed E-state index contributed by atoms with van der Waals surface area (Å²) in [4.78, 5) is 9.11. The third kappa shape index (κ3) is 5.13. The van der Waals surface area contributed by atoms with E-state index in [1.807, 2.05) is 42.7 Å². The van der Waals surface area contributed by atoms with E-state index in [0.29, 0.717) is 12.6 Å². The minimum atomic E-state index is 0. The van der Waals surface area contributed by atoms with E-state index < -0.39 is 0 Å². The van der Waals surface area contributed by atoms with Crippen molar-refractivity contribution in [1.29, 1.82) is 0 Å². The van der Waals surface area contributed by atoms with E-state index in [-0.39, 0.29) is 24.8 Å². The Balaban J connectivity index is 0.00000144. The fourth-order valence-electron chi connectivity index (χ4n) is 3.96. The number of aromatic nitrogens is 3. The second-order valence-corrected chi connectivity index (χ2v) is 7.50. The van der Waals surface area contributed by atoms with E-state index in [1.165, 1.54) is 0 Å². The molecule has 5 rings (SSSR count). The van der Waals surface area contributed by atoms with Gasteiger partial charge in [-0.25, -0.2) is 4.98 Å². The monoisotopic (exact) mass is 468 g/mol. The molecule has 1 aliphatic heterocycles. The summed E-state index contributed by atoms with van der Waals surface area (Å²) in [5.74, 6) is 0.833. The molecule has 1 fully saturated rings. The summed E-state index contributed by atoms with van der Waals surface area (Å²) in [5, 5.41) is 3.47. The Hall–Kier alpha value is -2.86. The summed E-state index contributed by atoms with van der Waals surface area (Å²) in [7, 11) is 0. The van der Waals surface area contributed by atoms with E-state index in [2.05, 4.69) is 51.3 Å². The Morgan fingerprint density at radius 3 is 2.34 bits per heavy atom. The van der Waals surface area contributed by atoms with Crippen LogP contribution in [0.15, 0.2) is 85.3 Å². The van der Waals surface area contributed by atoms with Gasteiger partial charge in [-0.15, -0.1) is 24.8 Å². The molecule has 1 aliphatic rings. The van der Waals surface area contributed by atoms with Gasteiger partial charge >= 0.3 is 0 Å². The van der Waals surface area contributed by atoms with Crippen molar-refractivity contribution in [3.05, 3.63) is 91.0 Å². The highest BCUT2D eigenvalue weighted by molar-refractivity contribution is 5.85. The topological polar surface area (TPSA) is 52.0 Å². The van der Waals surface area contributed by atoms with Crippen LogP contribution in [0, 0.1) is 0 Å². The van der Waals surface area contributed by atoms with Gasteiger partial charge in [0.2, 0.25) is 0 Å². The Kier molecular flexibility index (Phi) is 8.28. The average molecular weight is 469 g/mol. The average Bonchev–Trinajstić information content (AvgIpc) is 3.49. The van der Waals surface area contributed by atoms with E-state index in [4.69, 9.17) is 9.72 Å². The normalized spacial score (nSPS) is 14.9. The number of ether oxygens (including phenoxy) is 1. The van der Waals surface area contributed by atoms with Crippen molar-refractivity contribution in [2.45, 2.75) is 19.1 Å². The van der Waals surface area contributed by atoms with Crippen molar-refractivity contribution in [3.63, 3.8) is 0 Å². The molecule has 2 aromatic carbocycles. The van der Waals surface area contributed by atoms with Gasteiger partial charge in [-0.3, -0.25) is 4.98 Å². The fourth-order valence-corrected chi connectivity index (χ4v) is 3.96. The van der Waals surface area contributed by atoms with Crippen molar-refractivity contribution in [3.8, 4) is 28.3 Å². The molecular weight excluding hydrogens is 443 g/mol. The Bertz CT molecular complexity index is 1100. The van der Waals surface area contributed by atoms with Crippen LogP contribution in [0.2, 0.25) is 0 Å². The number of rotatable bonds is 6. The summed E-state index contributed by atoms with van der Waals surface area (Å²) >= 11 is 0. The lowest BCUT2D eigenvalue weighted by Gasteiger charge is -2.16. The maximum atomic E-state index is 5.91. The lowest BCUT2D eigenvalue weighted by atomic mass is 10.0. The summed E-state index contributed by atoms with van der Waals surface area (Å²) in [6.45, 7) is 2.48. The van der Waals surface area contributed by atoms with E-state index >= 15 is 0 Å². The second kappa shape index (κ2) is 11.1. The zero-order valence-corrected chi connectivity index (χ0v) is 19.2. The van der Waals surface area contributed by atoms with Gasteiger partial charge in [-0.2, -0.15) is 0 Å². The third-order valence-electron chi connectivity index (χ3n) is 5.51. The van der Waals surface area contributed by atoms with Crippen LogP contribution in [0.4, 0.5) is 0 Å². The number of halogens is 2. The number of imidazole rings is 1. The number of benzene rings is 2. The first-order valence-electron chi connectivity index (χ1n) is 10.3. The van der Waals surface area contributed by atoms with Gasteiger partial charge in [-0.05, 0) is 49.4 Å². The number of pyridine rings is 1. The number of hydrogen-bond acceptors (Lipinski definition) is 4. The van der Waals surface area contributed by atoms with Crippen molar-refractivity contribution in [2.24, 2.45) is 0 Å². The standard InChI is InChI=1S/C25H24N4O.2ClH/c1-2-6-19(7-3-1)24-25(29(18-28-24)22-13-15-26-16-22)20-9-11-23(12-10-20)30-17-21-8-4-5-14-27-21;;/h1-12,14,18,22,26H,13,15-17H2;2*1H. The molecule has 1 atom stereocenters. The molecule has 2 aromatic heterocycles. The smallest absolute Gasteiger partial charge is 0.130 e. The maximum Gasteiger partial charge on any atom is 0.130 e. The molecule has 1 unspecified atom stereocenters. The second-order valence-electron chi connectivity index (χ2n) is 7.50. The molecule has 0 bridgehead atoms. The third-order valence-corrected chi connectivity index (χ3v) is 5.51. The van der Waals surface area contributed by atoms with Crippen LogP contribution in [0.3, 0.4) is 0 Å². The Morgan fingerprint density at radius 1 is 0.875 bits per heavy atom. The summed E-state index contributed by atoms with van der Waals surface area (Å²) in [6, 6.07) is 25.0. The summed E-state index contributed by atoms with van der Waals surface area (Å²) in [5.41, 5.74) is 5.37. The lowest BCUT2D eigenvalue weighted by Crippen LogP contribution is -2.13. The largest absolute Gasteiger partial charge is 0.487 e. The quantitative estimate of drug-likeness (QED) is 0.401. The van der Waals surface area contributed by atoms with E-state index in [0.717, 1.165) is 53.5 Å². The van der Waals surface area contributed by atoms with E-state index in [9.17, 15) is 0 Å². The zero-order chi connectivity index (χ0) is 20.2. The molecule has 32 heavy (non-hydrogen) atoms. The minimum absolute atomic E-state index is 0. The Labute approximate surface area is 200 Å². The molecule has 1 N–H and O–H groups in total. The summed E-state index contributed by atoms with van der Waals surface area (Å²) in [6.07, 6.45) is 4.88. The molecule has 0 radical (unpaired) electrons. The Morgan fingerprint density at radius 2 is 1.66 bits per heavy atom. The van der Waals surface area contributed by atoms with Crippen LogP contribution >= 0.6 is 24.8 Å². The molecular formula is C25H26Cl2N4O. The van der Waals surface area contributed by atoms with Crippen molar-refractivity contribution < 1.29 is 4.74 Å². The zero-order valence-electron chi connectivity index (χ0n) is 17.6. The van der Waals surface area contributed by atoms with Crippen LogP contribution in [0.5, 0.6) is 5.75 Å². The molecule has 3 heterocycles. The van der Waals surface area contributed by atoms with Gasteiger partial charge in [0, 0.05) is 29.9 Å². The van der Waals surface area contributed by atoms with Gasteiger partial charge < -0.3 is 14.6 Å². The van der Waals surface area contributed by atoms with Crippen LogP contribution in [0.25, 0.3) is 22.5 Å². The van der Waals surface area contributed by atoms with Crippen LogP contribution < -0.4 is 10.1 Å². The number of nitrogens with zero attached hydrogens (tertiary/aromatic N) is 3. The molecule has 1 saturated heterocycles. The maximum absolute atomic E-state index is 5.91. The van der Waals surface area contributed by atoms with Crippen LogP contribution in [-0.4, -0.2) is 27.6 Å². The molecule has 166 valence electrons. The van der Waals surface area contributed by atoms with Crippen LogP contribution in [-0.2, 0) is 6.61 Å². The molecule has 0 aliphatic carbocycles. The summed E-state index contributed by atoms with van der Waals surface area (Å²) < 4.78 is 8.24. The molecule has 0 spiro atoms. The molecule has 5 nitrogen and oxygen atoms in total. The number of hydrogen-bond donors (Lipinski definition) is 1. The van der Waals surface area contributed by atoms with Gasteiger partial charge in [0.15, 0.2) is 0 Å². The van der Waals surface area contributed by atoms with Crippen molar-refractivity contribution in [2.75, 3.05) is 13.1 Å². The molecule has 7 heteroatoms. The first-order chi connectivity index (χ1) is 14.9. The van der Waals surface area contributed by atoms with Crippen molar-refractivity contribution in [1.82, 2.24) is 19.9 Å².